The van der Waals surface area contributed by atoms with E-state index in [1.165, 1.54) is 4.90 Å². The van der Waals surface area contributed by atoms with E-state index in [9.17, 15) is 17.8 Å². The van der Waals surface area contributed by atoms with E-state index < -0.39 is 28.5 Å². The van der Waals surface area contributed by atoms with Crippen molar-refractivity contribution in [2.45, 2.75) is 37.5 Å². The second-order valence-corrected chi connectivity index (χ2v) is 7.86. The second-order valence-electron chi connectivity index (χ2n) is 6.89. The Kier molecular flexibility index (Phi) is 4.60. The van der Waals surface area contributed by atoms with E-state index in [4.69, 9.17) is 15.6 Å². The zero-order chi connectivity index (χ0) is 20.1. The van der Waals surface area contributed by atoms with Gasteiger partial charge in [0.05, 0.1) is 12.6 Å². The molecule has 28 heavy (non-hydrogen) atoms. The van der Waals surface area contributed by atoms with Crippen LogP contribution in [0.15, 0.2) is 4.42 Å². The zero-order valence-corrected chi connectivity index (χ0v) is 15.5. The van der Waals surface area contributed by atoms with E-state index in [0.717, 1.165) is 0 Å². The summed E-state index contributed by atoms with van der Waals surface area (Å²) in [5.41, 5.74) is 5.38. The number of nitrogens with one attached hydrogen (secondary N) is 2. The van der Waals surface area contributed by atoms with Gasteiger partial charge in [-0.25, -0.2) is 13.2 Å². The minimum absolute atomic E-state index is 0. The highest BCUT2D eigenvalue weighted by molar-refractivity contribution is 7.80. The van der Waals surface area contributed by atoms with Crippen LogP contribution in [-0.2, 0) is 21.2 Å². The van der Waals surface area contributed by atoms with Crippen LogP contribution in [0, 0.1) is 5.41 Å². The number of urea groups is 1. The summed E-state index contributed by atoms with van der Waals surface area (Å²) < 4.78 is 42.4. The molecule has 2 atom stereocenters. The smallest absolute Gasteiger partial charge is 0.724 e. The molecule has 3 aliphatic rings. The van der Waals surface area contributed by atoms with Gasteiger partial charge in [-0.2, -0.15) is 9.35 Å². The number of nitrogens with zero attached hydrogens (tertiary/aromatic N) is 5. The van der Waals surface area contributed by atoms with Crippen molar-refractivity contribution in [3.05, 3.63) is 11.8 Å². The number of rotatable bonds is 6. The van der Waals surface area contributed by atoms with Gasteiger partial charge in [0.15, 0.2) is 5.96 Å². The first-order chi connectivity index (χ1) is 13.2. The summed E-state index contributed by atoms with van der Waals surface area (Å²) in [7, 11) is -5.03. The number of carbonyl (C=O) groups excluding carboxylic acids is 1. The minimum atomic E-state index is -5.03. The number of hydroxylamine groups is 2. The Balaban J connectivity index is 0.00000240. The Bertz CT molecular complexity index is 890. The number of amides is 2. The molecule has 3 fully saturated rings. The summed E-state index contributed by atoms with van der Waals surface area (Å²) in [5, 5.41) is 19.1. The lowest BCUT2D eigenvalue weighted by molar-refractivity contribution is -0.0328. The Morgan fingerprint density at radius 1 is 1.39 bits per heavy atom. The number of fused-ring (bicyclic) bond motifs is 2. The lowest BCUT2D eigenvalue weighted by Gasteiger charge is -2.39. The number of likely N-dealkylation sites (tertiary alicyclic amines) is 1. The van der Waals surface area contributed by atoms with Crippen LogP contribution in [0.25, 0.3) is 0 Å². The van der Waals surface area contributed by atoms with Crippen LogP contribution in [-0.4, -0.2) is 81.7 Å². The highest BCUT2D eigenvalue weighted by Gasteiger charge is 2.48. The molecule has 154 valence electrons. The van der Waals surface area contributed by atoms with Gasteiger partial charge in [0.1, 0.15) is 6.04 Å². The molecule has 1 aromatic rings. The van der Waals surface area contributed by atoms with Crippen LogP contribution in [0.3, 0.4) is 0 Å². The Morgan fingerprint density at radius 2 is 2.14 bits per heavy atom. The van der Waals surface area contributed by atoms with Crippen molar-refractivity contribution in [2.75, 3.05) is 19.6 Å². The second kappa shape index (κ2) is 6.84. The highest BCUT2D eigenvalue weighted by atomic mass is 32.3. The third kappa shape index (κ3) is 3.60. The number of carbonyl (C=O) groups is 1. The fraction of sp³-hybridized carbons (Fsp3) is 0.692. The van der Waals surface area contributed by atoms with Gasteiger partial charge in [-0.3, -0.25) is 5.41 Å². The third-order valence-electron chi connectivity index (χ3n) is 5.03. The minimum Gasteiger partial charge on any atom is -0.724 e. The van der Waals surface area contributed by atoms with Crippen LogP contribution in [0.2, 0.25) is 0 Å². The molecule has 2 bridgehead atoms. The predicted octanol–water partition coefficient (Wildman–Crippen LogP) is -1.82. The largest absolute Gasteiger partial charge is 1.00 e. The Morgan fingerprint density at radius 3 is 2.82 bits per heavy atom. The molecule has 4 heterocycles. The molecular formula is C13H20N8O6S. The molecule has 2 amide bonds. The molecule has 3 aliphatic heterocycles. The molecule has 0 unspecified atom stereocenters. The number of hydrogen-bond donors (Lipinski definition) is 3. The molecule has 4 N–H and O–H groups in total. The summed E-state index contributed by atoms with van der Waals surface area (Å²) >= 11 is 0. The molecule has 0 radical (unpaired) electrons. The fourth-order valence-corrected chi connectivity index (χ4v) is 3.98. The van der Waals surface area contributed by atoms with Crippen molar-refractivity contribution in [1.29, 1.82) is 5.41 Å². The maximum Gasteiger partial charge on any atom is 1.00 e. The van der Waals surface area contributed by atoms with Crippen LogP contribution >= 0.6 is 0 Å². The van der Waals surface area contributed by atoms with Gasteiger partial charge < -0.3 is 29.8 Å². The maximum atomic E-state index is 12.4. The Labute approximate surface area is 161 Å². The molecule has 0 aromatic carbocycles. The SMILES string of the molecule is N=C(N)N1CC(NCc2nnc([C@@H]3CC[C@@H]4CN3C(=O)N4OS(=O)(=O)[O-])o2)C1.[H+]. The number of nitrogens with two attached hydrogens (primary N) is 1. The number of piperidine rings is 1. The van der Waals surface area contributed by atoms with Crippen molar-refractivity contribution >= 4 is 22.4 Å². The molecule has 15 heteroatoms. The molecule has 0 aliphatic carbocycles. The number of guanidine groups is 1. The van der Waals surface area contributed by atoms with Crippen molar-refractivity contribution in [1.82, 2.24) is 30.4 Å². The van der Waals surface area contributed by atoms with Gasteiger partial charge in [-0.1, -0.05) is 0 Å². The monoisotopic (exact) mass is 416 g/mol. The fourth-order valence-electron chi connectivity index (χ4n) is 3.59. The van der Waals surface area contributed by atoms with Crippen molar-refractivity contribution < 1.29 is 27.9 Å². The zero-order valence-electron chi connectivity index (χ0n) is 15.6. The third-order valence-corrected chi connectivity index (χ3v) is 5.37. The van der Waals surface area contributed by atoms with Gasteiger partial charge in [-0.15, -0.1) is 10.2 Å². The van der Waals surface area contributed by atoms with E-state index in [-0.39, 0.29) is 25.9 Å². The predicted molar refractivity (Wildman–Crippen MR) is 90.0 cm³/mol. The standard InChI is InChI=1S/C13H20N8O6S/c14-12(15)19-4-7(5-19)16-3-10-17-18-11(26-10)9-2-1-8-6-20(9)13(22)21(8)27-28(23,24)25/h7-9,16H,1-6H2,(H3,14,15)(H,23,24,25)/t8-,9+/m1/s1. The summed E-state index contributed by atoms with van der Waals surface area (Å²) in [6.45, 7) is 1.79. The first-order valence-electron chi connectivity index (χ1n) is 8.61. The first kappa shape index (κ1) is 18.9. The van der Waals surface area contributed by atoms with Crippen molar-refractivity contribution in [3.8, 4) is 0 Å². The first-order valence-corrected chi connectivity index (χ1v) is 9.94. The van der Waals surface area contributed by atoms with Gasteiger partial charge in [0.2, 0.25) is 22.2 Å². The highest BCUT2D eigenvalue weighted by Crippen LogP contribution is 2.38. The summed E-state index contributed by atoms with van der Waals surface area (Å²) in [4.78, 5) is 15.5. The molecule has 14 nitrogen and oxygen atoms in total. The molecule has 0 saturated carbocycles. The number of aromatic nitrogens is 2. The van der Waals surface area contributed by atoms with Gasteiger partial charge in [0.25, 0.3) is 0 Å². The average Bonchev–Trinajstić information content (AvgIpc) is 3.12. The van der Waals surface area contributed by atoms with E-state index in [1.54, 1.807) is 4.90 Å². The summed E-state index contributed by atoms with van der Waals surface area (Å²) in [6.07, 6.45) is 0.905. The normalized spacial score (nSPS) is 25.3. The summed E-state index contributed by atoms with van der Waals surface area (Å²) in [6, 6.07) is -1.58. The topological polar surface area (TPSA) is 194 Å². The van der Waals surface area contributed by atoms with E-state index in [0.29, 0.717) is 43.4 Å². The van der Waals surface area contributed by atoms with E-state index in [1.807, 2.05) is 0 Å². The summed E-state index contributed by atoms with van der Waals surface area (Å²) in [5.74, 6) is 0.626. The van der Waals surface area contributed by atoms with E-state index in [2.05, 4.69) is 19.8 Å². The van der Waals surface area contributed by atoms with Crippen LogP contribution in [0.5, 0.6) is 0 Å². The lowest BCUT2D eigenvalue weighted by Crippen LogP contribution is -2.61. The van der Waals surface area contributed by atoms with Crippen molar-refractivity contribution in [3.63, 3.8) is 0 Å². The molecule has 1 aromatic heterocycles. The average molecular weight is 416 g/mol. The molecular weight excluding hydrogens is 396 g/mol. The molecule has 3 saturated heterocycles. The maximum absolute atomic E-state index is 12.4. The van der Waals surface area contributed by atoms with Crippen molar-refractivity contribution in [2.24, 2.45) is 5.73 Å². The van der Waals surface area contributed by atoms with Crippen LogP contribution < -0.4 is 11.1 Å². The van der Waals surface area contributed by atoms with Gasteiger partial charge in [-0.05, 0) is 12.8 Å². The molecule has 0 spiro atoms. The number of hydrogen-bond acceptors (Lipinski definition) is 10. The molecule has 4 rings (SSSR count). The van der Waals surface area contributed by atoms with E-state index >= 15 is 0 Å². The van der Waals surface area contributed by atoms with Gasteiger partial charge >= 0.3 is 7.46 Å². The quantitative estimate of drug-likeness (QED) is 0.204. The van der Waals surface area contributed by atoms with Gasteiger partial charge in [0, 0.05) is 25.7 Å². The Hall–Kier alpha value is -2.49. The lowest BCUT2D eigenvalue weighted by atomic mass is 10.0. The van der Waals surface area contributed by atoms with Crippen LogP contribution in [0.1, 0.15) is 32.1 Å². The van der Waals surface area contributed by atoms with Crippen LogP contribution in [0.4, 0.5) is 4.79 Å².